The highest BCUT2D eigenvalue weighted by Gasteiger charge is 2.11. The Morgan fingerprint density at radius 2 is 2.00 bits per heavy atom. The van der Waals surface area contributed by atoms with Crippen molar-refractivity contribution in [3.8, 4) is 0 Å². The average Bonchev–Trinajstić information content (AvgIpc) is 2.81. The summed E-state index contributed by atoms with van der Waals surface area (Å²) in [5, 5.41) is 4.06. The van der Waals surface area contributed by atoms with Gasteiger partial charge in [-0.25, -0.2) is 4.98 Å². The first-order chi connectivity index (χ1) is 10.0. The minimum atomic E-state index is -0.177. The van der Waals surface area contributed by atoms with Gasteiger partial charge in [0.2, 0.25) is 0 Å². The van der Waals surface area contributed by atoms with Crippen molar-refractivity contribution in [1.29, 1.82) is 0 Å². The van der Waals surface area contributed by atoms with Crippen LogP contribution in [0.15, 0.2) is 40.9 Å². The summed E-state index contributed by atoms with van der Waals surface area (Å²) in [6.07, 6.45) is 0. The van der Waals surface area contributed by atoms with Crippen molar-refractivity contribution >= 4 is 60.1 Å². The van der Waals surface area contributed by atoms with Crippen LogP contribution in [-0.4, -0.2) is 10.9 Å². The molecule has 0 fully saturated rings. The largest absolute Gasteiger partial charge is 0.298 e. The van der Waals surface area contributed by atoms with E-state index in [1.165, 1.54) is 11.3 Å². The SMILES string of the molecule is Cc1cc2sc(NC(=O)c3ccc(Br)cc3)nc2cc1Cl. The van der Waals surface area contributed by atoms with Gasteiger partial charge in [0.1, 0.15) is 0 Å². The smallest absolute Gasteiger partial charge is 0.257 e. The first-order valence-corrected chi connectivity index (χ1v) is 8.15. The molecule has 0 unspecified atom stereocenters. The van der Waals surface area contributed by atoms with Crippen LogP contribution < -0.4 is 5.32 Å². The van der Waals surface area contributed by atoms with E-state index in [1.54, 1.807) is 12.1 Å². The molecule has 2 aromatic carbocycles. The number of thiazole rings is 1. The fourth-order valence-electron chi connectivity index (χ4n) is 1.87. The maximum Gasteiger partial charge on any atom is 0.257 e. The maximum atomic E-state index is 12.2. The molecule has 0 saturated heterocycles. The summed E-state index contributed by atoms with van der Waals surface area (Å²) in [6.45, 7) is 1.95. The zero-order chi connectivity index (χ0) is 15.0. The van der Waals surface area contributed by atoms with Gasteiger partial charge in [0.15, 0.2) is 5.13 Å². The molecule has 0 saturated carbocycles. The van der Waals surface area contributed by atoms with Crippen LogP contribution >= 0.6 is 38.9 Å². The molecular weight excluding hydrogens is 372 g/mol. The number of aryl methyl sites for hydroxylation is 1. The second-order valence-corrected chi connectivity index (χ2v) is 6.90. The molecule has 106 valence electrons. The number of fused-ring (bicyclic) bond motifs is 1. The summed E-state index contributed by atoms with van der Waals surface area (Å²) in [4.78, 5) is 16.5. The predicted molar refractivity (Wildman–Crippen MR) is 91.5 cm³/mol. The molecule has 1 N–H and O–H groups in total. The lowest BCUT2D eigenvalue weighted by Gasteiger charge is -2.01. The van der Waals surface area contributed by atoms with Crippen LogP contribution in [0.25, 0.3) is 10.2 Å². The van der Waals surface area contributed by atoms with Gasteiger partial charge in [0, 0.05) is 15.1 Å². The van der Waals surface area contributed by atoms with E-state index >= 15 is 0 Å². The quantitative estimate of drug-likeness (QED) is 0.657. The molecule has 3 aromatic rings. The normalized spacial score (nSPS) is 10.8. The molecule has 0 bridgehead atoms. The Kier molecular flexibility index (Phi) is 3.97. The maximum absolute atomic E-state index is 12.2. The number of anilines is 1. The topological polar surface area (TPSA) is 42.0 Å². The summed E-state index contributed by atoms with van der Waals surface area (Å²) in [6, 6.07) is 11.0. The van der Waals surface area contributed by atoms with Gasteiger partial charge in [-0.15, -0.1) is 0 Å². The van der Waals surface area contributed by atoms with Gasteiger partial charge >= 0.3 is 0 Å². The number of carbonyl (C=O) groups is 1. The van der Waals surface area contributed by atoms with E-state index in [4.69, 9.17) is 11.6 Å². The number of nitrogens with zero attached hydrogens (tertiary/aromatic N) is 1. The number of carbonyl (C=O) groups excluding carboxylic acids is 1. The van der Waals surface area contributed by atoms with E-state index < -0.39 is 0 Å². The van der Waals surface area contributed by atoms with Crippen LogP contribution in [0.2, 0.25) is 5.02 Å². The molecule has 3 rings (SSSR count). The third-order valence-corrected chi connectivity index (χ3v) is 4.87. The standard InChI is InChI=1S/C15H10BrClN2OS/c1-8-6-13-12(7-11(8)17)18-15(21-13)19-14(20)9-2-4-10(16)5-3-9/h2-7H,1H3,(H,18,19,20). The molecule has 0 spiro atoms. The van der Waals surface area contributed by atoms with Crippen LogP contribution in [-0.2, 0) is 0 Å². The van der Waals surface area contributed by atoms with Crippen molar-refractivity contribution in [1.82, 2.24) is 4.98 Å². The second-order valence-electron chi connectivity index (χ2n) is 4.55. The molecule has 1 heterocycles. The average molecular weight is 382 g/mol. The highest BCUT2D eigenvalue weighted by Crippen LogP contribution is 2.30. The summed E-state index contributed by atoms with van der Waals surface area (Å²) < 4.78 is 1.94. The molecule has 0 radical (unpaired) electrons. The fraction of sp³-hybridized carbons (Fsp3) is 0.0667. The van der Waals surface area contributed by atoms with Crippen molar-refractivity contribution in [2.75, 3.05) is 5.32 Å². The third-order valence-electron chi connectivity index (χ3n) is 3.00. The van der Waals surface area contributed by atoms with Crippen molar-refractivity contribution in [2.45, 2.75) is 6.92 Å². The molecule has 3 nitrogen and oxygen atoms in total. The Bertz CT molecular complexity index is 791. The van der Waals surface area contributed by atoms with E-state index in [1.807, 2.05) is 31.2 Å². The summed E-state index contributed by atoms with van der Waals surface area (Å²) >= 11 is 10.9. The number of halogens is 2. The number of amides is 1. The van der Waals surface area contributed by atoms with Gasteiger partial charge in [0.25, 0.3) is 5.91 Å². The fourth-order valence-corrected chi connectivity index (χ4v) is 3.24. The Balaban J connectivity index is 1.87. The van der Waals surface area contributed by atoms with E-state index in [0.717, 1.165) is 20.3 Å². The number of hydrogen-bond donors (Lipinski definition) is 1. The second kappa shape index (κ2) is 5.75. The van der Waals surface area contributed by atoms with Gasteiger partial charge in [-0.1, -0.05) is 38.9 Å². The molecule has 0 aliphatic heterocycles. The molecule has 0 atom stereocenters. The van der Waals surface area contributed by atoms with Crippen LogP contribution in [0.4, 0.5) is 5.13 Å². The van der Waals surface area contributed by atoms with E-state index in [-0.39, 0.29) is 5.91 Å². The summed E-state index contributed by atoms with van der Waals surface area (Å²) in [7, 11) is 0. The number of rotatable bonds is 2. The van der Waals surface area contributed by atoms with Crippen LogP contribution in [0, 0.1) is 6.92 Å². The lowest BCUT2D eigenvalue weighted by atomic mass is 10.2. The summed E-state index contributed by atoms with van der Waals surface area (Å²) in [5.74, 6) is -0.177. The van der Waals surface area contributed by atoms with E-state index in [0.29, 0.717) is 15.7 Å². The third kappa shape index (κ3) is 3.10. The Morgan fingerprint density at radius 1 is 1.29 bits per heavy atom. The number of nitrogens with one attached hydrogen (secondary N) is 1. The molecule has 0 aliphatic rings. The first-order valence-electron chi connectivity index (χ1n) is 6.16. The Hall–Kier alpha value is -1.43. The van der Waals surface area contributed by atoms with Crippen LogP contribution in [0.3, 0.4) is 0 Å². The minimum absolute atomic E-state index is 0.177. The lowest BCUT2D eigenvalue weighted by Crippen LogP contribution is -2.11. The lowest BCUT2D eigenvalue weighted by molar-refractivity contribution is 0.102. The molecule has 1 aromatic heterocycles. The first kappa shape index (κ1) is 14.5. The van der Waals surface area contributed by atoms with Gasteiger partial charge < -0.3 is 0 Å². The highest BCUT2D eigenvalue weighted by molar-refractivity contribution is 9.10. The van der Waals surface area contributed by atoms with Crippen LogP contribution in [0.1, 0.15) is 15.9 Å². The van der Waals surface area contributed by atoms with E-state index in [9.17, 15) is 4.79 Å². The van der Waals surface area contributed by atoms with Crippen molar-refractivity contribution in [2.24, 2.45) is 0 Å². The van der Waals surface area contributed by atoms with Crippen molar-refractivity contribution in [3.63, 3.8) is 0 Å². The van der Waals surface area contributed by atoms with Crippen LogP contribution in [0.5, 0.6) is 0 Å². The molecule has 6 heteroatoms. The summed E-state index contributed by atoms with van der Waals surface area (Å²) in [5.41, 5.74) is 2.38. The monoisotopic (exact) mass is 380 g/mol. The van der Waals surface area contributed by atoms with E-state index in [2.05, 4.69) is 26.2 Å². The number of hydrogen-bond acceptors (Lipinski definition) is 3. The molecule has 1 amide bonds. The van der Waals surface area contributed by atoms with Gasteiger partial charge in [-0.2, -0.15) is 0 Å². The predicted octanol–water partition coefficient (Wildman–Crippen LogP) is 5.27. The number of benzene rings is 2. The molecule has 21 heavy (non-hydrogen) atoms. The van der Waals surface area contributed by atoms with Gasteiger partial charge in [-0.3, -0.25) is 10.1 Å². The Morgan fingerprint density at radius 3 is 2.71 bits per heavy atom. The van der Waals surface area contributed by atoms with Crippen molar-refractivity contribution < 1.29 is 4.79 Å². The molecule has 0 aliphatic carbocycles. The highest BCUT2D eigenvalue weighted by atomic mass is 79.9. The minimum Gasteiger partial charge on any atom is -0.298 e. The number of aromatic nitrogens is 1. The van der Waals surface area contributed by atoms with Gasteiger partial charge in [-0.05, 0) is 48.9 Å². The van der Waals surface area contributed by atoms with Crippen molar-refractivity contribution in [3.05, 3.63) is 57.0 Å². The Labute approximate surface area is 139 Å². The zero-order valence-corrected chi connectivity index (χ0v) is 14.1. The molecular formula is C15H10BrClN2OS. The zero-order valence-electron chi connectivity index (χ0n) is 11.0. The van der Waals surface area contributed by atoms with Gasteiger partial charge in [0.05, 0.1) is 10.2 Å².